The summed E-state index contributed by atoms with van der Waals surface area (Å²) in [4.78, 5) is 0. The van der Waals surface area contributed by atoms with Gasteiger partial charge in [0.1, 0.15) is 11.5 Å². The van der Waals surface area contributed by atoms with Gasteiger partial charge in [-0.2, -0.15) is 0 Å². The van der Waals surface area contributed by atoms with Crippen molar-refractivity contribution < 1.29 is 9.47 Å². The van der Waals surface area contributed by atoms with Gasteiger partial charge in [0.05, 0.1) is 13.7 Å². The van der Waals surface area contributed by atoms with Gasteiger partial charge in [-0.3, -0.25) is 0 Å². The molecule has 5 nitrogen and oxygen atoms in total. The number of aryl methyl sites for hydroxylation is 1. The van der Waals surface area contributed by atoms with E-state index >= 15 is 0 Å². The van der Waals surface area contributed by atoms with Crippen LogP contribution in [-0.2, 0) is 7.05 Å². The number of hydrogen-bond acceptors (Lipinski definition) is 5. The largest absolute Gasteiger partial charge is 0.497 e. The fourth-order valence-electron chi connectivity index (χ4n) is 2.46. The van der Waals surface area contributed by atoms with Crippen LogP contribution >= 0.6 is 11.8 Å². The van der Waals surface area contributed by atoms with Crippen LogP contribution < -0.4 is 9.47 Å². The van der Waals surface area contributed by atoms with Gasteiger partial charge in [-0.1, -0.05) is 36.0 Å². The van der Waals surface area contributed by atoms with Crippen molar-refractivity contribution in [3.63, 3.8) is 0 Å². The molecule has 0 amide bonds. The number of hydrogen-bond donors (Lipinski definition) is 0. The Morgan fingerprint density at radius 1 is 1.00 bits per heavy atom. The minimum atomic E-state index is 0.601. The van der Waals surface area contributed by atoms with E-state index in [1.165, 1.54) is 5.56 Å². The van der Waals surface area contributed by atoms with Gasteiger partial charge in [0.25, 0.3) is 0 Å². The molecule has 0 aliphatic rings. The molecule has 0 unspecified atom stereocenters. The number of thioether (sulfide) groups is 1. The Bertz CT molecular complexity index is 831. The minimum absolute atomic E-state index is 0.601. The Hall–Kier alpha value is -2.47. The van der Waals surface area contributed by atoms with Gasteiger partial charge in [0.15, 0.2) is 11.0 Å². The standard InChI is InChI=1S/C19H21N3O2S/c1-14-6-4-5-7-17(14)18-20-21-19(22(18)2)25-13-12-24-16-10-8-15(23-3)9-11-16/h4-11H,12-13H2,1-3H3. The normalized spacial score (nSPS) is 10.7. The maximum Gasteiger partial charge on any atom is 0.191 e. The molecule has 0 fully saturated rings. The summed E-state index contributed by atoms with van der Waals surface area (Å²) < 4.78 is 12.9. The van der Waals surface area contributed by atoms with Crippen LogP contribution in [0.5, 0.6) is 11.5 Å². The molecule has 0 spiro atoms. The number of benzene rings is 2. The maximum absolute atomic E-state index is 5.74. The molecule has 130 valence electrons. The molecule has 0 radical (unpaired) electrons. The van der Waals surface area contributed by atoms with Crippen LogP contribution in [0.1, 0.15) is 5.56 Å². The predicted octanol–water partition coefficient (Wildman–Crippen LogP) is 3.97. The number of ether oxygens (including phenoxy) is 2. The number of nitrogens with zero attached hydrogens (tertiary/aromatic N) is 3. The van der Waals surface area contributed by atoms with Crippen LogP contribution in [0.3, 0.4) is 0 Å². The lowest BCUT2D eigenvalue weighted by Crippen LogP contribution is -2.02. The highest BCUT2D eigenvalue weighted by molar-refractivity contribution is 7.99. The summed E-state index contributed by atoms with van der Waals surface area (Å²) in [5.74, 6) is 3.34. The number of methoxy groups -OCH3 is 1. The molecule has 25 heavy (non-hydrogen) atoms. The molecular weight excluding hydrogens is 334 g/mol. The van der Waals surface area contributed by atoms with E-state index in [0.29, 0.717) is 6.61 Å². The molecule has 0 atom stereocenters. The Labute approximate surface area is 152 Å². The molecular formula is C19H21N3O2S. The second-order valence-corrected chi connectivity index (χ2v) is 6.61. The molecule has 0 aliphatic heterocycles. The van der Waals surface area contributed by atoms with Gasteiger partial charge in [0.2, 0.25) is 0 Å². The summed E-state index contributed by atoms with van der Waals surface area (Å²) in [6, 6.07) is 15.8. The van der Waals surface area contributed by atoms with E-state index in [1.54, 1.807) is 18.9 Å². The van der Waals surface area contributed by atoms with E-state index in [-0.39, 0.29) is 0 Å². The fourth-order valence-corrected chi connectivity index (χ4v) is 3.19. The summed E-state index contributed by atoms with van der Waals surface area (Å²) >= 11 is 1.63. The van der Waals surface area contributed by atoms with E-state index in [0.717, 1.165) is 33.8 Å². The van der Waals surface area contributed by atoms with Gasteiger partial charge in [0, 0.05) is 18.4 Å². The van der Waals surface area contributed by atoms with Crippen LogP contribution in [0, 0.1) is 6.92 Å². The molecule has 0 saturated carbocycles. The Morgan fingerprint density at radius 3 is 2.44 bits per heavy atom. The van der Waals surface area contributed by atoms with Crippen molar-refractivity contribution in [2.75, 3.05) is 19.5 Å². The first-order valence-corrected chi connectivity index (χ1v) is 9.02. The van der Waals surface area contributed by atoms with Crippen LogP contribution in [0.2, 0.25) is 0 Å². The van der Waals surface area contributed by atoms with Gasteiger partial charge in [-0.15, -0.1) is 10.2 Å². The third-order valence-electron chi connectivity index (χ3n) is 3.86. The number of aromatic nitrogens is 3. The molecule has 1 heterocycles. The Kier molecular flexibility index (Phi) is 5.60. The summed E-state index contributed by atoms with van der Waals surface area (Å²) in [6.07, 6.45) is 0. The van der Waals surface area contributed by atoms with Gasteiger partial charge in [-0.05, 0) is 36.8 Å². The molecule has 3 rings (SSSR count). The monoisotopic (exact) mass is 355 g/mol. The first kappa shape index (κ1) is 17.4. The van der Waals surface area contributed by atoms with Crippen molar-refractivity contribution >= 4 is 11.8 Å². The summed E-state index contributed by atoms with van der Waals surface area (Å²) in [5.41, 5.74) is 2.30. The zero-order valence-corrected chi connectivity index (χ0v) is 15.4. The minimum Gasteiger partial charge on any atom is -0.497 e. The molecule has 6 heteroatoms. The Morgan fingerprint density at radius 2 is 1.72 bits per heavy atom. The molecule has 1 aromatic heterocycles. The molecule has 3 aromatic rings. The highest BCUT2D eigenvalue weighted by atomic mass is 32.2. The summed E-state index contributed by atoms with van der Waals surface area (Å²) in [5, 5.41) is 9.53. The van der Waals surface area contributed by atoms with E-state index < -0.39 is 0 Å². The highest BCUT2D eigenvalue weighted by Gasteiger charge is 2.12. The van der Waals surface area contributed by atoms with E-state index in [9.17, 15) is 0 Å². The van der Waals surface area contributed by atoms with Gasteiger partial charge < -0.3 is 14.0 Å². The second-order valence-electron chi connectivity index (χ2n) is 5.55. The van der Waals surface area contributed by atoms with Crippen molar-refractivity contribution in [2.24, 2.45) is 7.05 Å². The van der Waals surface area contributed by atoms with Crippen LogP contribution in [0.15, 0.2) is 53.7 Å². The topological polar surface area (TPSA) is 49.2 Å². The van der Waals surface area contributed by atoms with Gasteiger partial charge in [-0.25, -0.2) is 0 Å². The zero-order valence-electron chi connectivity index (χ0n) is 14.6. The average molecular weight is 355 g/mol. The van der Waals surface area contributed by atoms with Crippen molar-refractivity contribution in [1.82, 2.24) is 14.8 Å². The van der Waals surface area contributed by atoms with Crippen molar-refractivity contribution in [3.8, 4) is 22.9 Å². The van der Waals surface area contributed by atoms with Crippen molar-refractivity contribution in [1.29, 1.82) is 0 Å². The highest BCUT2D eigenvalue weighted by Crippen LogP contribution is 2.25. The van der Waals surface area contributed by atoms with Crippen molar-refractivity contribution in [3.05, 3.63) is 54.1 Å². The lowest BCUT2D eigenvalue weighted by atomic mass is 10.1. The summed E-state index contributed by atoms with van der Waals surface area (Å²) in [6.45, 7) is 2.68. The van der Waals surface area contributed by atoms with Crippen LogP contribution in [0.25, 0.3) is 11.4 Å². The molecule has 2 aromatic carbocycles. The van der Waals surface area contributed by atoms with Gasteiger partial charge >= 0.3 is 0 Å². The van der Waals surface area contributed by atoms with E-state index in [1.807, 2.05) is 48.0 Å². The smallest absolute Gasteiger partial charge is 0.191 e. The SMILES string of the molecule is COc1ccc(OCCSc2nnc(-c3ccccc3C)n2C)cc1. The quantitative estimate of drug-likeness (QED) is 0.474. The van der Waals surface area contributed by atoms with E-state index in [4.69, 9.17) is 9.47 Å². The fraction of sp³-hybridized carbons (Fsp3) is 0.263. The third kappa shape index (κ3) is 4.14. The van der Waals surface area contributed by atoms with E-state index in [2.05, 4.69) is 29.3 Å². The summed E-state index contributed by atoms with van der Waals surface area (Å²) in [7, 11) is 3.65. The van der Waals surface area contributed by atoms with Crippen LogP contribution in [-0.4, -0.2) is 34.2 Å². The second kappa shape index (κ2) is 8.07. The molecule has 0 N–H and O–H groups in total. The third-order valence-corrected chi connectivity index (χ3v) is 4.85. The van der Waals surface area contributed by atoms with Crippen LogP contribution in [0.4, 0.5) is 0 Å². The van der Waals surface area contributed by atoms with Crippen molar-refractivity contribution in [2.45, 2.75) is 12.1 Å². The average Bonchev–Trinajstić information content (AvgIpc) is 3.00. The first-order chi connectivity index (χ1) is 12.2. The Balaban J connectivity index is 1.56. The predicted molar refractivity (Wildman–Crippen MR) is 100 cm³/mol. The lowest BCUT2D eigenvalue weighted by molar-refractivity contribution is 0.342. The number of rotatable bonds is 7. The first-order valence-electron chi connectivity index (χ1n) is 8.04. The molecule has 0 saturated heterocycles. The molecule has 0 aliphatic carbocycles. The lowest BCUT2D eigenvalue weighted by Gasteiger charge is -2.08. The maximum atomic E-state index is 5.74. The zero-order chi connectivity index (χ0) is 17.6. The molecule has 0 bridgehead atoms.